The number of hydrogen-bond donors (Lipinski definition) is 1. The largest absolute Gasteiger partial charge is 0.480 e. The Balaban J connectivity index is 1.44. The number of halogens is 3. The molecule has 0 heterocycles. The smallest absolute Gasteiger partial charge is 0.416 e. The van der Waals surface area contributed by atoms with Gasteiger partial charge in [0.1, 0.15) is 5.75 Å². The fraction of sp³-hybridized carbons (Fsp3) is 0.222. The van der Waals surface area contributed by atoms with Crippen molar-refractivity contribution in [1.29, 1.82) is 0 Å². The van der Waals surface area contributed by atoms with Crippen LogP contribution in [-0.2, 0) is 30.7 Å². The molecular weight excluding hydrogens is 617 g/mol. The van der Waals surface area contributed by atoms with Gasteiger partial charge >= 0.3 is 30.1 Å². The van der Waals surface area contributed by atoms with Crippen molar-refractivity contribution < 1.29 is 51.7 Å². The molecule has 4 rings (SSSR count). The van der Waals surface area contributed by atoms with E-state index in [1.807, 2.05) is 0 Å². The van der Waals surface area contributed by atoms with E-state index in [2.05, 4.69) is 0 Å². The second-order valence-electron chi connectivity index (χ2n) is 10.6. The molecule has 0 aliphatic carbocycles. The first-order chi connectivity index (χ1) is 22.4. The number of carbonyl (C=O) groups is 4. The van der Waals surface area contributed by atoms with Crippen LogP contribution in [0.5, 0.6) is 5.75 Å². The molecular formula is C36H31F3O8. The number of benzene rings is 4. The van der Waals surface area contributed by atoms with Crippen LogP contribution in [0.25, 0.3) is 11.1 Å². The number of esters is 3. The zero-order valence-corrected chi connectivity index (χ0v) is 25.5. The summed E-state index contributed by atoms with van der Waals surface area (Å²) in [6.07, 6.45) is -4.94. The van der Waals surface area contributed by atoms with Crippen LogP contribution >= 0.6 is 0 Å². The first-order valence-electron chi connectivity index (χ1n) is 14.6. The van der Waals surface area contributed by atoms with Crippen LogP contribution in [0.3, 0.4) is 0 Å². The predicted octanol–water partition coefficient (Wildman–Crippen LogP) is 7.50. The normalized spacial score (nSPS) is 13.1. The second kappa shape index (κ2) is 14.8. The fourth-order valence-electron chi connectivity index (χ4n) is 4.72. The minimum atomic E-state index is -4.50. The first-order valence-corrected chi connectivity index (χ1v) is 14.6. The predicted molar refractivity (Wildman–Crippen MR) is 165 cm³/mol. The van der Waals surface area contributed by atoms with Gasteiger partial charge in [0.2, 0.25) is 0 Å². The topological polar surface area (TPSA) is 116 Å². The zero-order chi connectivity index (χ0) is 34.2. The highest BCUT2D eigenvalue weighted by molar-refractivity contribution is 6.05. The average molecular weight is 649 g/mol. The summed E-state index contributed by atoms with van der Waals surface area (Å²) in [6.45, 7) is 3.01. The molecule has 2 unspecified atom stereocenters. The van der Waals surface area contributed by atoms with Gasteiger partial charge in [0, 0.05) is 6.42 Å². The molecule has 11 heteroatoms. The van der Waals surface area contributed by atoms with Gasteiger partial charge in [-0.15, -0.1) is 0 Å². The Morgan fingerprint density at radius 1 is 0.766 bits per heavy atom. The summed E-state index contributed by atoms with van der Waals surface area (Å²) in [5.74, 6) is -3.91. The van der Waals surface area contributed by atoms with Gasteiger partial charge in [0.15, 0.2) is 5.41 Å². The number of hydrogen-bond acceptors (Lipinski definition) is 7. The number of carboxylic acid groups (broad SMARTS) is 1. The van der Waals surface area contributed by atoms with E-state index >= 15 is 0 Å². The lowest BCUT2D eigenvalue weighted by Crippen LogP contribution is -2.47. The Morgan fingerprint density at radius 2 is 1.38 bits per heavy atom. The monoisotopic (exact) mass is 648 g/mol. The Morgan fingerprint density at radius 3 is 1.98 bits per heavy atom. The minimum Gasteiger partial charge on any atom is -0.480 e. The van der Waals surface area contributed by atoms with Gasteiger partial charge in [-0.2, -0.15) is 13.2 Å². The van der Waals surface area contributed by atoms with Crippen molar-refractivity contribution in [2.75, 3.05) is 6.61 Å². The van der Waals surface area contributed by atoms with E-state index in [4.69, 9.17) is 14.2 Å². The van der Waals surface area contributed by atoms with E-state index in [0.717, 1.165) is 12.1 Å². The number of aliphatic carboxylic acids is 1. The molecule has 0 aromatic heterocycles. The van der Waals surface area contributed by atoms with E-state index in [1.165, 1.54) is 54.6 Å². The van der Waals surface area contributed by atoms with Gasteiger partial charge in [-0.3, -0.25) is 9.59 Å². The highest BCUT2D eigenvalue weighted by atomic mass is 19.4. The van der Waals surface area contributed by atoms with Gasteiger partial charge in [-0.1, -0.05) is 67.6 Å². The standard InChI is InChI=1S/C36H31F3O8/c1-3-23(2)46-34(44)35(33(42)43,26-9-5-4-6-10-26)21-22-45-31(40)25-15-19-28(20-16-25)47-32(41)30-12-8-7-11-29(30)24-13-17-27(18-14-24)36(37,38)39/h4-20,23H,3,21-22H2,1-2H3,(H,42,43). The number of carbonyl (C=O) groups excluding carboxylic acids is 3. The fourth-order valence-corrected chi connectivity index (χ4v) is 4.72. The SMILES string of the molecule is CCC(C)OC(=O)C(CCOC(=O)c1ccc(OC(=O)c2ccccc2-c2ccc(C(F)(F)F)cc2)cc1)(C(=O)O)c1ccccc1. The van der Waals surface area contributed by atoms with E-state index < -0.39 is 53.7 Å². The van der Waals surface area contributed by atoms with E-state index in [9.17, 15) is 37.5 Å². The van der Waals surface area contributed by atoms with Gasteiger partial charge < -0.3 is 19.3 Å². The van der Waals surface area contributed by atoms with Crippen molar-refractivity contribution in [3.63, 3.8) is 0 Å². The molecule has 2 atom stereocenters. The first kappa shape index (κ1) is 34.4. The minimum absolute atomic E-state index is 0.0674. The molecule has 0 saturated carbocycles. The van der Waals surface area contributed by atoms with Gasteiger partial charge in [-0.25, -0.2) is 9.59 Å². The third kappa shape index (κ3) is 8.04. The maximum atomic E-state index is 13.2. The molecule has 0 saturated heterocycles. The van der Waals surface area contributed by atoms with Crippen molar-refractivity contribution in [1.82, 2.24) is 0 Å². The summed E-state index contributed by atoms with van der Waals surface area (Å²) >= 11 is 0. The zero-order valence-electron chi connectivity index (χ0n) is 25.5. The molecule has 1 N–H and O–H groups in total. The number of alkyl halides is 3. The molecule has 0 aliphatic rings. The molecule has 0 amide bonds. The van der Waals surface area contributed by atoms with Crippen molar-refractivity contribution in [3.8, 4) is 16.9 Å². The summed E-state index contributed by atoms with van der Waals surface area (Å²) in [4.78, 5) is 51.5. The van der Waals surface area contributed by atoms with Gasteiger partial charge in [0.25, 0.3) is 0 Å². The quantitative estimate of drug-likeness (QED) is 0.0954. The van der Waals surface area contributed by atoms with Crippen LogP contribution in [0.1, 0.15) is 58.5 Å². The molecule has 0 radical (unpaired) electrons. The van der Waals surface area contributed by atoms with Crippen molar-refractivity contribution >= 4 is 23.9 Å². The van der Waals surface area contributed by atoms with Crippen LogP contribution < -0.4 is 4.74 Å². The Hall–Kier alpha value is -5.45. The Kier molecular flexibility index (Phi) is 10.8. The Bertz CT molecular complexity index is 1720. The number of rotatable bonds is 12. The molecule has 0 bridgehead atoms. The molecule has 4 aromatic carbocycles. The third-order valence-electron chi connectivity index (χ3n) is 7.54. The van der Waals surface area contributed by atoms with Crippen LogP contribution in [0.15, 0.2) is 103 Å². The molecule has 0 fully saturated rings. The molecule has 244 valence electrons. The molecule has 47 heavy (non-hydrogen) atoms. The van der Waals surface area contributed by atoms with Crippen LogP contribution in [0, 0.1) is 0 Å². The summed E-state index contributed by atoms with van der Waals surface area (Å²) in [7, 11) is 0. The van der Waals surface area contributed by atoms with Crippen LogP contribution in [0.2, 0.25) is 0 Å². The van der Waals surface area contributed by atoms with Crippen LogP contribution in [0.4, 0.5) is 13.2 Å². The van der Waals surface area contributed by atoms with Crippen molar-refractivity contribution in [2.24, 2.45) is 0 Å². The van der Waals surface area contributed by atoms with E-state index in [-0.39, 0.29) is 28.9 Å². The highest BCUT2D eigenvalue weighted by Gasteiger charge is 2.50. The second-order valence-corrected chi connectivity index (χ2v) is 10.6. The summed E-state index contributed by atoms with van der Waals surface area (Å²) in [5.41, 5.74) is -1.81. The maximum Gasteiger partial charge on any atom is 0.416 e. The maximum absolute atomic E-state index is 13.2. The lowest BCUT2D eigenvalue weighted by atomic mass is 9.77. The van der Waals surface area contributed by atoms with Crippen molar-refractivity contribution in [3.05, 3.63) is 125 Å². The van der Waals surface area contributed by atoms with Crippen LogP contribution in [-0.4, -0.2) is 41.7 Å². The lowest BCUT2D eigenvalue weighted by Gasteiger charge is -2.29. The van der Waals surface area contributed by atoms with E-state index in [1.54, 1.807) is 50.2 Å². The lowest BCUT2D eigenvalue weighted by molar-refractivity contribution is -0.166. The number of ether oxygens (including phenoxy) is 3. The van der Waals surface area contributed by atoms with Crippen molar-refractivity contribution in [2.45, 2.75) is 44.4 Å². The van der Waals surface area contributed by atoms with Gasteiger partial charge in [0.05, 0.1) is 29.4 Å². The number of carboxylic acids is 1. The highest BCUT2D eigenvalue weighted by Crippen LogP contribution is 2.33. The summed E-state index contributed by atoms with van der Waals surface area (Å²) < 4.78 is 55.2. The van der Waals surface area contributed by atoms with Gasteiger partial charge in [-0.05, 0) is 72.5 Å². The van der Waals surface area contributed by atoms with E-state index in [0.29, 0.717) is 17.5 Å². The summed E-state index contributed by atoms with van der Waals surface area (Å²) in [5, 5.41) is 10.2. The molecule has 0 spiro atoms. The molecule has 4 aromatic rings. The molecule has 8 nitrogen and oxygen atoms in total. The Labute approximate surface area is 268 Å². The third-order valence-corrected chi connectivity index (χ3v) is 7.54. The average Bonchev–Trinajstić information content (AvgIpc) is 3.06. The summed E-state index contributed by atoms with van der Waals surface area (Å²) in [6, 6.07) is 23.9. The molecule has 0 aliphatic heterocycles.